The minimum absolute atomic E-state index is 0.0518. The molecule has 212 valence electrons. The largest absolute Gasteiger partial charge is 0.454 e. The molecule has 1 aliphatic heterocycles. The average Bonchev–Trinajstić information content (AvgIpc) is 2.88. The average molecular weight is 505 g/mol. The van der Waals surface area contributed by atoms with Crippen LogP contribution in [-0.2, 0) is 9.53 Å². The third-order valence-corrected chi connectivity index (χ3v) is 8.07. The Labute approximate surface area is 226 Å². The van der Waals surface area contributed by atoms with Crippen molar-refractivity contribution in [2.75, 3.05) is 0 Å². The van der Waals surface area contributed by atoms with Crippen LogP contribution in [0.2, 0.25) is 0 Å². The highest BCUT2D eigenvalue weighted by atomic mass is 16.6. The van der Waals surface area contributed by atoms with Crippen LogP contribution in [0, 0.1) is 0 Å². The van der Waals surface area contributed by atoms with Crippen molar-refractivity contribution in [3.8, 4) is 0 Å². The molecule has 1 rings (SSSR count). The molecule has 0 bridgehead atoms. The summed E-state index contributed by atoms with van der Waals surface area (Å²) in [7, 11) is 0. The molecule has 2 heteroatoms. The zero-order chi connectivity index (χ0) is 25.9. The van der Waals surface area contributed by atoms with Gasteiger partial charge in [0.1, 0.15) is 6.10 Å². The maximum absolute atomic E-state index is 11.8. The Morgan fingerprint density at radius 1 is 0.500 bits per heavy atom. The van der Waals surface area contributed by atoms with Gasteiger partial charge in [-0.15, -0.1) is 0 Å². The van der Waals surface area contributed by atoms with Gasteiger partial charge in [-0.2, -0.15) is 0 Å². The van der Waals surface area contributed by atoms with Crippen LogP contribution in [0.5, 0.6) is 0 Å². The summed E-state index contributed by atoms with van der Waals surface area (Å²) >= 11 is 0. The standard InChI is InChI=1S/C34H64O2/c1-3-5-7-9-11-13-15-16-17-18-19-21-22-24-26-28-30-32-33(36-34(32)35)31-29-27-25-23-20-14-12-10-8-6-4-2/h30,33H,3-29,31H2,1-2H3. The van der Waals surface area contributed by atoms with Gasteiger partial charge >= 0.3 is 5.97 Å². The number of carbonyl (C=O) groups is 1. The Balaban J connectivity index is 1.85. The molecule has 1 aliphatic rings. The van der Waals surface area contributed by atoms with Gasteiger partial charge in [-0.25, -0.2) is 4.79 Å². The molecule has 0 aliphatic carbocycles. The Kier molecular flexibility index (Phi) is 23.9. The lowest BCUT2D eigenvalue weighted by atomic mass is 9.96. The second-order valence-corrected chi connectivity index (χ2v) is 11.6. The van der Waals surface area contributed by atoms with E-state index in [1.54, 1.807) is 0 Å². The van der Waals surface area contributed by atoms with E-state index in [4.69, 9.17) is 4.74 Å². The molecule has 1 heterocycles. The SMILES string of the molecule is CCCCCCCCCCCCCCCCCC=C1C(=O)OC1CCCCCCCCCCCCC. The van der Waals surface area contributed by atoms with Crippen molar-refractivity contribution < 1.29 is 9.53 Å². The normalized spacial score (nSPS) is 16.4. The van der Waals surface area contributed by atoms with E-state index < -0.39 is 0 Å². The van der Waals surface area contributed by atoms with Crippen LogP contribution in [0.3, 0.4) is 0 Å². The zero-order valence-electron chi connectivity index (χ0n) is 24.8. The highest BCUT2D eigenvalue weighted by molar-refractivity contribution is 5.95. The van der Waals surface area contributed by atoms with Crippen LogP contribution in [-0.4, -0.2) is 12.1 Å². The van der Waals surface area contributed by atoms with Crippen LogP contribution in [0.25, 0.3) is 0 Å². The summed E-state index contributed by atoms with van der Waals surface area (Å²) in [6.45, 7) is 4.57. The number of ether oxygens (including phenoxy) is 1. The monoisotopic (exact) mass is 504 g/mol. The number of carbonyl (C=O) groups excluding carboxylic acids is 1. The molecule has 0 N–H and O–H groups in total. The van der Waals surface area contributed by atoms with E-state index in [0.717, 1.165) is 18.4 Å². The molecule has 0 aromatic rings. The Morgan fingerprint density at radius 2 is 0.833 bits per heavy atom. The number of cyclic esters (lactones) is 1. The predicted octanol–water partition coefficient (Wildman–Crippen LogP) is 11.8. The molecule has 0 aromatic carbocycles. The van der Waals surface area contributed by atoms with Crippen LogP contribution in [0.15, 0.2) is 11.6 Å². The highest BCUT2D eigenvalue weighted by Crippen LogP contribution is 2.27. The Morgan fingerprint density at radius 3 is 1.19 bits per heavy atom. The van der Waals surface area contributed by atoms with Crippen molar-refractivity contribution in [3.05, 3.63) is 11.6 Å². The van der Waals surface area contributed by atoms with Gasteiger partial charge in [0.05, 0.1) is 5.57 Å². The molecule has 0 aromatic heterocycles. The first-order chi connectivity index (χ1) is 17.8. The zero-order valence-corrected chi connectivity index (χ0v) is 24.8. The summed E-state index contributed by atoms with van der Waals surface area (Å²) < 4.78 is 5.42. The molecule has 36 heavy (non-hydrogen) atoms. The molecule has 1 unspecified atom stereocenters. The van der Waals surface area contributed by atoms with Gasteiger partial charge < -0.3 is 4.74 Å². The third kappa shape index (κ3) is 19.3. The number of hydrogen-bond acceptors (Lipinski definition) is 2. The van der Waals surface area contributed by atoms with E-state index >= 15 is 0 Å². The van der Waals surface area contributed by atoms with Gasteiger partial charge in [-0.3, -0.25) is 0 Å². The third-order valence-electron chi connectivity index (χ3n) is 8.07. The minimum Gasteiger partial charge on any atom is -0.454 e. The first-order valence-corrected chi connectivity index (χ1v) is 16.7. The topological polar surface area (TPSA) is 26.3 Å². The van der Waals surface area contributed by atoms with Crippen LogP contribution in [0.1, 0.15) is 194 Å². The number of allylic oxidation sites excluding steroid dienone is 1. The second-order valence-electron chi connectivity index (χ2n) is 11.6. The van der Waals surface area contributed by atoms with Crippen molar-refractivity contribution in [1.82, 2.24) is 0 Å². The number of rotatable bonds is 28. The smallest absolute Gasteiger partial charge is 0.338 e. The number of esters is 1. The van der Waals surface area contributed by atoms with Gasteiger partial charge in [-0.05, 0) is 25.7 Å². The maximum Gasteiger partial charge on any atom is 0.338 e. The summed E-state index contributed by atoms with van der Waals surface area (Å²) in [6, 6.07) is 0. The lowest BCUT2D eigenvalue weighted by molar-refractivity contribution is -0.156. The summed E-state index contributed by atoms with van der Waals surface area (Å²) in [5, 5.41) is 0. The second kappa shape index (κ2) is 25.8. The van der Waals surface area contributed by atoms with Crippen LogP contribution < -0.4 is 0 Å². The van der Waals surface area contributed by atoms with Gasteiger partial charge in [0.25, 0.3) is 0 Å². The molecule has 1 fully saturated rings. The van der Waals surface area contributed by atoms with Gasteiger partial charge in [0, 0.05) is 0 Å². The van der Waals surface area contributed by atoms with E-state index in [1.165, 1.54) is 167 Å². The van der Waals surface area contributed by atoms with Crippen LogP contribution in [0.4, 0.5) is 0 Å². The number of unbranched alkanes of at least 4 members (excludes halogenated alkanes) is 25. The quantitative estimate of drug-likeness (QED) is 0.0601. The molecular formula is C34H64O2. The Bertz CT molecular complexity index is 509. The van der Waals surface area contributed by atoms with Gasteiger partial charge in [0.2, 0.25) is 0 Å². The lowest BCUT2D eigenvalue weighted by Gasteiger charge is -2.29. The van der Waals surface area contributed by atoms with E-state index in [9.17, 15) is 4.79 Å². The molecular weight excluding hydrogens is 440 g/mol. The van der Waals surface area contributed by atoms with Crippen molar-refractivity contribution in [1.29, 1.82) is 0 Å². The molecule has 0 amide bonds. The molecule has 0 spiro atoms. The van der Waals surface area contributed by atoms with E-state index in [1.807, 2.05) is 0 Å². The molecule has 0 radical (unpaired) electrons. The highest BCUT2D eigenvalue weighted by Gasteiger charge is 2.34. The molecule has 2 nitrogen and oxygen atoms in total. The fourth-order valence-electron chi connectivity index (χ4n) is 5.53. The first kappa shape index (κ1) is 33.2. The van der Waals surface area contributed by atoms with E-state index in [2.05, 4.69) is 19.9 Å². The van der Waals surface area contributed by atoms with Crippen LogP contribution >= 0.6 is 0 Å². The van der Waals surface area contributed by atoms with Gasteiger partial charge in [-0.1, -0.05) is 174 Å². The lowest BCUT2D eigenvalue weighted by Crippen LogP contribution is -2.36. The van der Waals surface area contributed by atoms with Gasteiger partial charge in [0.15, 0.2) is 0 Å². The molecule has 0 saturated carbocycles. The van der Waals surface area contributed by atoms with E-state index in [-0.39, 0.29) is 12.1 Å². The fraction of sp³-hybridized carbons (Fsp3) is 0.912. The van der Waals surface area contributed by atoms with Crippen molar-refractivity contribution in [2.24, 2.45) is 0 Å². The maximum atomic E-state index is 11.8. The Hall–Kier alpha value is -0.790. The first-order valence-electron chi connectivity index (χ1n) is 16.7. The molecule has 1 atom stereocenters. The summed E-state index contributed by atoms with van der Waals surface area (Å²) in [5.74, 6) is -0.0518. The summed E-state index contributed by atoms with van der Waals surface area (Å²) in [6.07, 6.45) is 40.4. The minimum atomic E-state index is -0.0518. The predicted molar refractivity (Wildman–Crippen MR) is 159 cm³/mol. The van der Waals surface area contributed by atoms with E-state index in [0.29, 0.717) is 0 Å². The summed E-state index contributed by atoms with van der Waals surface area (Å²) in [4.78, 5) is 11.8. The van der Waals surface area contributed by atoms with Crippen molar-refractivity contribution in [2.45, 2.75) is 200 Å². The van der Waals surface area contributed by atoms with Crippen molar-refractivity contribution in [3.63, 3.8) is 0 Å². The molecule has 1 saturated heterocycles. The fourth-order valence-corrected chi connectivity index (χ4v) is 5.53. The number of hydrogen-bond donors (Lipinski definition) is 0. The summed E-state index contributed by atoms with van der Waals surface area (Å²) in [5.41, 5.74) is 0.979. The van der Waals surface area contributed by atoms with Crippen molar-refractivity contribution >= 4 is 5.97 Å².